The number of amides is 1. The van der Waals surface area contributed by atoms with Gasteiger partial charge >= 0.3 is 5.97 Å². The Balaban J connectivity index is 2.46. The zero-order chi connectivity index (χ0) is 18.3. The van der Waals surface area contributed by atoms with Crippen molar-refractivity contribution >= 4 is 34.3 Å². The number of hydrogen-bond donors (Lipinski definition) is 2. The molecule has 7 nitrogen and oxygen atoms in total. The second-order valence-electron chi connectivity index (χ2n) is 6.17. The van der Waals surface area contributed by atoms with Gasteiger partial charge in [0.15, 0.2) is 5.78 Å². The Labute approximate surface area is 144 Å². The van der Waals surface area contributed by atoms with Crippen molar-refractivity contribution in [3.05, 3.63) is 35.0 Å². The molecular formula is C18H19N3O4. The Morgan fingerprint density at radius 2 is 2.12 bits per heavy atom. The summed E-state index contributed by atoms with van der Waals surface area (Å²) in [7, 11) is 0. The summed E-state index contributed by atoms with van der Waals surface area (Å²) in [5.74, 6) is -1.87. The van der Waals surface area contributed by atoms with Crippen LogP contribution in [0, 0.1) is 0 Å². The van der Waals surface area contributed by atoms with E-state index in [0.717, 1.165) is 6.42 Å². The minimum absolute atomic E-state index is 0.000675. The van der Waals surface area contributed by atoms with Gasteiger partial charge in [0.05, 0.1) is 28.9 Å². The van der Waals surface area contributed by atoms with Crippen molar-refractivity contribution in [1.82, 2.24) is 4.57 Å². The second kappa shape index (κ2) is 6.16. The molecule has 0 spiro atoms. The summed E-state index contributed by atoms with van der Waals surface area (Å²) in [6, 6.07) is 5.12. The van der Waals surface area contributed by atoms with E-state index in [9.17, 15) is 19.5 Å². The monoisotopic (exact) mass is 341 g/mol. The first-order chi connectivity index (χ1) is 11.9. The summed E-state index contributed by atoms with van der Waals surface area (Å²) < 4.78 is 1.91. The average Bonchev–Trinajstić information content (AvgIpc) is 2.92. The first kappa shape index (κ1) is 16.9. The van der Waals surface area contributed by atoms with Crippen LogP contribution in [-0.4, -0.2) is 39.6 Å². The lowest BCUT2D eigenvalue weighted by Crippen LogP contribution is -2.24. The molecule has 0 saturated carbocycles. The third-order valence-corrected chi connectivity index (χ3v) is 4.61. The van der Waals surface area contributed by atoms with Crippen LogP contribution in [0.5, 0.6) is 0 Å². The highest BCUT2D eigenvalue weighted by Gasteiger charge is 2.32. The van der Waals surface area contributed by atoms with Crippen molar-refractivity contribution in [2.45, 2.75) is 32.7 Å². The number of Topliss-reactive ketones (excluding diaryl/α,β-unsaturated/α-hetero) is 1. The fraction of sp³-hybridized carbons (Fsp3) is 0.333. The van der Waals surface area contributed by atoms with Crippen LogP contribution >= 0.6 is 0 Å². The van der Waals surface area contributed by atoms with Gasteiger partial charge in [-0.05, 0) is 25.5 Å². The molecule has 3 rings (SSSR count). The van der Waals surface area contributed by atoms with Gasteiger partial charge in [0.2, 0.25) is 5.91 Å². The zero-order valence-corrected chi connectivity index (χ0v) is 14.1. The summed E-state index contributed by atoms with van der Waals surface area (Å²) in [4.78, 5) is 39.9. The van der Waals surface area contributed by atoms with Crippen LogP contribution in [0.3, 0.4) is 0 Å². The molecule has 1 amide bonds. The molecule has 2 heterocycles. The maximum Gasteiger partial charge on any atom is 0.309 e. The molecule has 0 fully saturated rings. The van der Waals surface area contributed by atoms with Gasteiger partial charge in [-0.1, -0.05) is 13.0 Å². The SMILES string of the molecule is CCC(C)n1c2c(c3c(C(N)=O)cccc31)C(=O)CN=C2CC(=O)O. The summed E-state index contributed by atoms with van der Waals surface area (Å²) in [5, 5.41) is 9.71. The Hall–Kier alpha value is -2.96. The molecule has 1 aromatic carbocycles. The third kappa shape index (κ3) is 2.61. The van der Waals surface area contributed by atoms with E-state index < -0.39 is 11.9 Å². The molecule has 25 heavy (non-hydrogen) atoms. The standard InChI is InChI=1S/C18H19N3O4/c1-3-9(2)21-12-6-4-5-10(18(19)25)15(12)16-13(22)8-20-11(17(16)21)7-14(23)24/h4-6,9H,3,7-8H2,1-2H3,(H2,19,25)(H,23,24). The number of rotatable bonds is 5. The Morgan fingerprint density at radius 1 is 1.40 bits per heavy atom. The van der Waals surface area contributed by atoms with E-state index >= 15 is 0 Å². The van der Waals surface area contributed by atoms with E-state index in [4.69, 9.17) is 5.73 Å². The molecule has 7 heteroatoms. The van der Waals surface area contributed by atoms with Crippen molar-refractivity contribution in [1.29, 1.82) is 0 Å². The number of ketones is 1. The van der Waals surface area contributed by atoms with Gasteiger partial charge in [-0.2, -0.15) is 0 Å². The number of carboxylic acids is 1. The highest BCUT2D eigenvalue weighted by Crippen LogP contribution is 2.35. The Bertz CT molecular complexity index is 939. The van der Waals surface area contributed by atoms with Crippen LogP contribution in [0.1, 0.15) is 59.1 Å². The molecule has 2 aromatic rings. The number of carbonyl (C=O) groups excluding carboxylic acids is 2. The number of nitrogens with zero attached hydrogens (tertiary/aromatic N) is 2. The number of aliphatic imine (C=N–C) groups is 1. The molecule has 1 unspecified atom stereocenters. The topological polar surface area (TPSA) is 115 Å². The molecule has 1 aliphatic rings. The Kier molecular flexibility index (Phi) is 4.16. The molecule has 1 atom stereocenters. The lowest BCUT2D eigenvalue weighted by atomic mass is 9.96. The highest BCUT2D eigenvalue weighted by atomic mass is 16.4. The first-order valence-corrected chi connectivity index (χ1v) is 8.12. The molecule has 3 N–H and O–H groups in total. The summed E-state index contributed by atoms with van der Waals surface area (Å²) in [6.45, 7) is 3.86. The fourth-order valence-corrected chi connectivity index (χ4v) is 3.37. The number of aliphatic carboxylic acids is 1. The summed E-state index contributed by atoms with van der Waals surface area (Å²) in [6.07, 6.45) is 0.491. The van der Waals surface area contributed by atoms with Gasteiger partial charge in [0.1, 0.15) is 6.54 Å². The minimum Gasteiger partial charge on any atom is -0.481 e. The zero-order valence-electron chi connectivity index (χ0n) is 14.1. The summed E-state index contributed by atoms with van der Waals surface area (Å²) in [5.41, 5.74) is 7.68. The molecule has 0 bridgehead atoms. The molecule has 0 radical (unpaired) electrons. The quantitative estimate of drug-likeness (QED) is 0.867. The molecule has 1 aliphatic heterocycles. The molecular weight excluding hydrogens is 322 g/mol. The second-order valence-corrected chi connectivity index (χ2v) is 6.17. The number of benzene rings is 1. The normalized spacial score (nSPS) is 15.0. The van der Waals surface area contributed by atoms with Crippen LogP contribution in [0.15, 0.2) is 23.2 Å². The van der Waals surface area contributed by atoms with Crippen LogP contribution in [-0.2, 0) is 4.79 Å². The van der Waals surface area contributed by atoms with Gasteiger partial charge in [0.25, 0.3) is 0 Å². The largest absolute Gasteiger partial charge is 0.481 e. The minimum atomic E-state index is -1.02. The number of carbonyl (C=O) groups is 3. The van der Waals surface area contributed by atoms with Crippen LogP contribution in [0.25, 0.3) is 10.9 Å². The highest BCUT2D eigenvalue weighted by molar-refractivity contribution is 6.26. The molecule has 0 aliphatic carbocycles. The smallest absolute Gasteiger partial charge is 0.309 e. The fourth-order valence-electron chi connectivity index (χ4n) is 3.37. The van der Waals surface area contributed by atoms with E-state index in [1.165, 1.54) is 0 Å². The van der Waals surface area contributed by atoms with Gasteiger partial charge in [0, 0.05) is 17.0 Å². The van der Waals surface area contributed by atoms with E-state index in [1.54, 1.807) is 12.1 Å². The molecule has 130 valence electrons. The number of carboxylic acid groups (broad SMARTS) is 1. The molecule has 1 aromatic heterocycles. The van der Waals surface area contributed by atoms with E-state index in [0.29, 0.717) is 27.9 Å². The number of nitrogens with two attached hydrogens (primary N) is 1. The number of fused-ring (bicyclic) bond motifs is 3. The summed E-state index contributed by atoms with van der Waals surface area (Å²) >= 11 is 0. The predicted molar refractivity (Wildman–Crippen MR) is 93.4 cm³/mol. The van der Waals surface area contributed by atoms with E-state index in [2.05, 4.69) is 4.99 Å². The average molecular weight is 341 g/mol. The van der Waals surface area contributed by atoms with Crippen LogP contribution in [0.2, 0.25) is 0 Å². The van der Waals surface area contributed by atoms with E-state index in [-0.39, 0.29) is 30.4 Å². The Morgan fingerprint density at radius 3 is 2.72 bits per heavy atom. The third-order valence-electron chi connectivity index (χ3n) is 4.61. The molecule has 0 saturated heterocycles. The predicted octanol–water partition coefficient (Wildman–Crippen LogP) is 2.17. The van der Waals surface area contributed by atoms with Gasteiger partial charge < -0.3 is 15.4 Å². The maximum absolute atomic E-state index is 12.6. The number of primary amides is 1. The number of hydrogen-bond acceptors (Lipinski definition) is 4. The first-order valence-electron chi connectivity index (χ1n) is 8.12. The lowest BCUT2D eigenvalue weighted by molar-refractivity contribution is -0.135. The van der Waals surface area contributed by atoms with Crippen LogP contribution < -0.4 is 5.73 Å². The lowest BCUT2D eigenvalue weighted by Gasteiger charge is -2.20. The van der Waals surface area contributed by atoms with Gasteiger partial charge in [-0.25, -0.2) is 0 Å². The van der Waals surface area contributed by atoms with Crippen LogP contribution in [0.4, 0.5) is 0 Å². The van der Waals surface area contributed by atoms with E-state index in [1.807, 2.05) is 24.5 Å². The van der Waals surface area contributed by atoms with Crippen molar-refractivity contribution in [2.75, 3.05) is 6.54 Å². The van der Waals surface area contributed by atoms with Crippen molar-refractivity contribution in [3.63, 3.8) is 0 Å². The maximum atomic E-state index is 12.6. The van der Waals surface area contributed by atoms with Crippen molar-refractivity contribution in [3.8, 4) is 0 Å². The number of aromatic nitrogens is 1. The van der Waals surface area contributed by atoms with Crippen molar-refractivity contribution < 1.29 is 19.5 Å². The van der Waals surface area contributed by atoms with Gasteiger partial charge in [-0.15, -0.1) is 0 Å². The van der Waals surface area contributed by atoms with Gasteiger partial charge in [-0.3, -0.25) is 19.4 Å². The van der Waals surface area contributed by atoms with Crippen molar-refractivity contribution in [2.24, 2.45) is 10.7 Å².